The predicted molar refractivity (Wildman–Crippen MR) is 60.0 cm³/mol. The van der Waals surface area contributed by atoms with Gasteiger partial charge in [0.2, 0.25) is 0 Å². The van der Waals surface area contributed by atoms with E-state index in [9.17, 15) is 4.79 Å². The molecule has 0 heterocycles. The van der Waals surface area contributed by atoms with E-state index in [2.05, 4.69) is 0 Å². The van der Waals surface area contributed by atoms with Gasteiger partial charge in [-0.05, 0) is 24.6 Å². The van der Waals surface area contributed by atoms with Gasteiger partial charge in [-0.25, -0.2) is 4.79 Å². The van der Waals surface area contributed by atoms with Crippen molar-refractivity contribution in [3.05, 3.63) is 47.7 Å². The standard InChI is InChI=1S/C7H6O2.C5H7NO/c8-7(9)6-4-2-1-3-5-6;1-2-3-5(7)4-6/h1-5H,(H,8,9);3,7H,2H2,1H3. The lowest BCUT2D eigenvalue weighted by atomic mass is 10.2. The van der Waals surface area contributed by atoms with E-state index >= 15 is 0 Å². The van der Waals surface area contributed by atoms with Crippen LogP contribution in [0, 0.1) is 11.3 Å². The van der Waals surface area contributed by atoms with Gasteiger partial charge in [0.05, 0.1) is 5.56 Å². The Balaban J connectivity index is 0.000000293. The Labute approximate surface area is 94.1 Å². The van der Waals surface area contributed by atoms with Gasteiger partial charge in [-0.3, -0.25) is 0 Å². The number of hydrogen-bond donors (Lipinski definition) is 2. The molecule has 0 saturated carbocycles. The SMILES string of the molecule is CCC=C(O)C#N.O=C(O)c1ccccc1. The Morgan fingerprint density at radius 2 is 1.94 bits per heavy atom. The monoisotopic (exact) mass is 219 g/mol. The van der Waals surface area contributed by atoms with Crippen LogP contribution in [0.2, 0.25) is 0 Å². The van der Waals surface area contributed by atoms with Crippen molar-refractivity contribution in [2.45, 2.75) is 13.3 Å². The van der Waals surface area contributed by atoms with Crippen LogP contribution in [0.3, 0.4) is 0 Å². The summed E-state index contributed by atoms with van der Waals surface area (Å²) in [6.45, 7) is 1.85. The van der Waals surface area contributed by atoms with E-state index < -0.39 is 5.97 Å². The third-order valence-corrected chi connectivity index (χ3v) is 1.53. The van der Waals surface area contributed by atoms with Crippen molar-refractivity contribution in [3.63, 3.8) is 0 Å². The normalized spacial score (nSPS) is 9.62. The molecule has 0 atom stereocenters. The van der Waals surface area contributed by atoms with Crippen molar-refractivity contribution in [1.82, 2.24) is 0 Å². The number of aromatic carboxylic acids is 1. The smallest absolute Gasteiger partial charge is 0.335 e. The fourth-order valence-electron chi connectivity index (χ4n) is 0.820. The minimum absolute atomic E-state index is 0.192. The van der Waals surface area contributed by atoms with E-state index in [-0.39, 0.29) is 5.76 Å². The Kier molecular flexibility index (Phi) is 6.91. The van der Waals surface area contributed by atoms with Crippen molar-refractivity contribution in [2.24, 2.45) is 0 Å². The number of aliphatic hydroxyl groups is 1. The molecule has 0 spiro atoms. The zero-order chi connectivity index (χ0) is 12.4. The molecule has 4 heteroatoms. The zero-order valence-corrected chi connectivity index (χ0v) is 8.92. The van der Waals surface area contributed by atoms with Gasteiger partial charge in [-0.2, -0.15) is 5.26 Å². The minimum atomic E-state index is -0.879. The second-order valence-electron chi connectivity index (χ2n) is 2.78. The number of carboxylic acid groups (broad SMARTS) is 1. The highest BCUT2D eigenvalue weighted by Crippen LogP contribution is 1.96. The van der Waals surface area contributed by atoms with Crippen molar-refractivity contribution in [3.8, 4) is 6.07 Å². The average Bonchev–Trinajstić information content (AvgIpc) is 2.31. The molecule has 84 valence electrons. The summed E-state index contributed by atoms with van der Waals surface area (Å²) in [5.41, 5.74) is 0.331. The van der Waals surface area contributed by atoms with Crippen LogP contribution in [0.5, 0.6) is 0 Å². The molecular formula is C12H13NO3. The molecule has 0 saturated heterocycles. The number of allylic oxidation sites excluding steroid dienone is 2. The maximum absolute atomic E-state index is 10.2. The van der Waals surface area contributed by atoms with Crippen LogP contribution in [0.15, 0.2) is 42.2 Å². The van der Waals surface area contributed by atoms with Crippen LogP contribution in [0.25, 0.3) is 0 Å². The Bertz CT molecular complexity index is 390. The van der Waals surface area contributed by atoms with Gasteiger partial charge in [0.15, 0.2) is 5.76 Å². The summed E-state index contributed by atoms with van der Waals surface area (Å²) in [6, 6.07) is 9.88. The molecule has 1 aromatic carbocycles. The Hall–Kier alpha value is -2.28. The number of carboxylic acids is 1. The van der Waals surface area contributed by atoms with Crippen LogP contribution in [-0.2, 0) is 0 Å². The highest BCUT2D eigenvalue weighted by atomic mass is 16.4. The number of rotatable bonds is 2. The first kappa shape index (κ1) is 13.7. The van der Waals surface area contributed by atoms with Crippen LogP contribution >= 0.6 is 0 Å². The number of hydrogen-bond acceptors (Lipinski definition) is 3. The summed E-state index contributed by atoms with van der Waals surface area (Å²) in [6.07, 6.45) is 2.17. The quantitative estimate of drug-likeness (QED) is 0.455. The van der Waals surface area contributed by atoms with Gasteiger partial charge in [0.1, 0.15) is 6.07 Å². The molecule has 0 fully saturated rings. The molecule has 0 aliphatic rings. The third-order valence-electron chi connectivity index (χ3n) is 1.53. The fourth-order valence-corrected chi connectivity index (χ4v) is 0.820. The predicted octanol–water partition coefficient (Wildman–Crippen LogP) is 2.75. The Morgan fingerprint density at radius 3 is 2.19 bits per heavy atom. The van der Waals surface area contributed by atoms with Crippen molar-refractivity contribution in [2.75, 3.05) is 0 Å². The van der Waals surface area contributed by atoms with Gasteiger partial charge in [0.25, 0.3) is 0 Å². The van der Waals surface area contributed by atoms with Crippen molar-refractivity contribution in [1.29, 1.82) is 5.26 Å². The highest BCUT2D eigenvalue weighted by molar-refractivity contribution is 5.87. The largest absolute Gasteiger partial charge is 0.500 e. The molecule has 0 aromatic heterocycles. The van der Waals surface area contributed by atoms with E-state index in [1.807, 2.05) is 6.92 Å². The van der Waals surface area contributed by atoms with E-state index in [1.165, 1.54) is 6.08 Å². The molecule has 0 aliphatic carbocycles. The summed E-state index contributed by atoms with van der Waals surface area (Å²) in [7, 11) is 0. The lowest BCUT2D eigenvalue weighted by Gasteiger charge is -1.88. The molecule has 0 bridgehead atoms. The minimum Gasteiger partial charge on any atom is -0.500 e. The van der Waals surface area contributed by atoms with Crippen LogP contribution < -0.4 is 0 Å². The highest BCUT2D eigenvalue weighted by Gasteiger charge is 1.96. The second-order valence-corrected chi connectivity index (χ2v) is 2.78. The summed E-state index contributed by atoms with van der Waals surface area (Å²) in [5, 5.41) is 24.6. The van der Waals surface area contributed by atoms with E-state index in [4.69, 9.17) is 15.5 Å². The first-order valence-corrected chi connectivity index (χ1v) is 4.69. The summed E-state index contributed by atoms with van der Waals surface area (Å²) in [4.78, 5) is 10.2. The van der Waals surface area contributed by atoms with Gasteiger partial charge in [-0.15, -0.1) is 0 Å². The molecule has 4 nitrogen and oxygen atoms in total. The zero-order valence-electron chi connectivity index (χ0n) is 8.92. The van der Waals surface area contributed by atoms with Crippen LogP contribution in [0.4, 0.5) is 0 Å². The second kappa shape index (κ2) is 8.06. The summed E-state index contributed by atoms with van der Waals surface area (Å²) >= 11 is 0. The number of nitrogens with zero attached hydrogens (tertiary/aromatic N) is 1. The van der Waals surface area contributed by atoms with Gasteiger partial charge in [-0.1, -0.05) is 25.1 Å². The molecule has 2 N–H and O–H groups in total. The van der Waals surface area contributed by atoms with Crippen LogP contribution in [0.1, 0.15) is 23.7 Å². The molecular weight excluding hydrogens is 206 g/mol. The summed E-state index contributed by atoms with van der Waals surface area (Å²) in [5.74, 6) is -1.07. The number of carbonyl (C=O) groups is 1. The third kappa shape index (κ3) is 6.22. The molecule has 0 aliphatic heterocycles. The lowest BCUT2D eigenvalue weighted by Crippen LogP contribution is -1.93. The molecule has 16 heavy (non-hydrogen) atoms. The van der Waals surface area contributed by atoms with Gasteiger partial charge >= 0.3 is 5.97 Å². The molecule has 0 unspecified atom stereocenters. The molecule has 1 rings (SSSR count). The average molecular weight is 219 g/mol. The Morgan fingerprint density at radius 1 is 1.38 bits per heavy atom. The van der Waals surface area contributed by atoms with Gasteiger partial charge < -0.3 is 10.2 Å². The molecule has 0 radical (unpaired) electrons. The molecule has 1 aromatic rings. The fraction of sp³-hybridized carbons (Fsp3) is 0.167. The lowest BCUT2D eigenvalue weighted by molar-refractivity contribution is 0.0697. The number of benzene rings is 1. The van der Waals surface area contributed by atoms with E-state index in [0.717, 1.165) is 0 Å². The van der Waals surface area contributed by atoms with Crippen molar-refractivity contribution < 1.29 is 15.0 Å². The first-order valence-electron chi connectivity index (χ1n) is 4.69. The molecule has 0 amide bonds. The topological polar surface area (TPSA) is 81.3 Å². The van der Waals surface area contributed by atoms with E-state index in [1.54, 1.807) is 36.4 Å². The maximum Gasteiger partial charge on any atom is 0.335 e. The van der Waals surface area contributed by atoms with Crippen molar-refractivity contribution >= 4 is 5.97 Å². The van der Waals surface area contributed by atoms with E-state index in [0.29, 0.717) is 12.0 Å². The maximum atomic E-state index is 10.2. The van der Waals surface area contributed by atoms with Gasteiger partial charge in [0, 0.05) is 0 Å². The number of aliphatic hydroxyl groups excluding tert-OH is 1. The number of nitriles is 1. The first-order chi connectivity index (χ1) is 7.61. The van der Waals surface area contributed by atoms with Crippen LogP contribution in [-0.4, -0.2) is 16.2 Å². The summed E-state index contributed by atoms with van der Waals surface area (Å²) < 4.78 is 0.